The number of aryl methyl sites for hydroxylation is 1. The van der Waals surface area contributed by atoms with Gasteiger partial charge in [0, 0.05) is 5.69 Å². The molecule has 3 amide bonds. The summed E-state index contributed by atoms with van der Waals surface area (Å²) in [5.74, 6) is -0.203. The fraction of sp³-hybridized carbons (Fsp3) is 0.233. The lowest BCUT2D eigenvalue weighted by molar-refractivity contribution is -0.126. The lowest BCUT2D eigenvalue weighted by Crippen LogP contribution is -2.47. The maximum absolute atomic E-state index is 13.8. The van der Waals surface area contributed by atoms with E-state index in [1.807, 2.05) is 55.5 Å². The van der Waals surface area contributed by atoms with Gasteiger partial charge in [-0.15, -0.1) is 11.3 Å². The summed E-state index contributed by atoms with van der Waals surface area (Å²) in [6.07, 6.45) is 1.54. The molecule has 0 unspecified atom stereocenters. The number of amides is 3. The number of furan rings is 1. The van der Waals surface area contributed by atoms with E-state index in [2.05, 4.69) is 24.5 Å². The third kappa shape index (κ3) is 6.58. The average molecular weight is 530 g/mol. The van der Waals surface area contributed by atoms with Gasteiger partial charge in [0.25, 0.3) is 5.91 Å². The molecule has 0 saturated carbocycles. The van der Waals surface area contributed by atoms with E-state index < -0.39 is 11.9 Å². The molecular weight excluding hydrogens is 498 g/mol. The van der Waals surface area contributed by atoms with Crippen LogP contribution in [-0.4, -0.2) is 24.3 Å². The van der Waals surface area contributed by atoms with Gasteiger partial charge in [-0.25, -0.2) is 0 Å². The number of thiophene rings is 1. The van der Waals surface area contributed by atoms with Gasteiger partial charge in [0.05, 0.1) is 24.2 Å². The van der Waals surface area contributed by atoms with E-state index in [0.29, 0.717) is 27.8 Å². The predicted octanol–water partition coefficient (Wildman–Crippen LogP) is 5.59. The molecule has 7 nitrogen and oxygen atoms in total. The van der Waals surface area contributed by atoms with Crippen LogP contribution in [0.25, 0.3) is 0 Å². The second-order valence-electron chi connectivity index (χ2n) is 9.28. The van der Waals surface area contributed by atoms with Crippen LogP contribution in [0, 0.1) is 6.92 Å². The summed E-state index contributed by atoms with van der Waals surface area (Å²) < 4.78 is 5.37. The van der Waals surface area contributed by atoms with Crippen LogP contribution in [0.15, 0.2) is 88.9 Å². The molecule has 196 valence electrons. The van der Waals surface area contributed by atoms with Crippen molar-refractivity contribution in [3.8, 4) is 0 Å². The summed E-state index contributed by atoms with van der Waals surface area (Å²) in [7, 11) is 0. The fourth-order valence-corrected chi connectivity index (χ4v) is 4.68. The van der Waals surface area contributed by atoms with Crippen LogP contribution in [0.5, 0.6) is 0 Å². The highest BCUT2D eigenvalue weighted by molar-refractivity contribution is 7.12. The minimum atomic E-state index is -0.971. The van der Waals surface area contributed by atoms with Crippen LogP contribution in [0.3, 0.4) is 0 Å². The van der Waals surface area contributed by atoms with E-state index in [1.165, 1.54) is 16.2 Å². The van der Waals surface area contributed by atoms with Crippen molar-refractivity contribution in [1.29, 1.82) is 0 Å². The first-order valence-electron chi connectivity index (χ1n) is 12.4. The van der Waals surface area contributed by atoms with Crippen molar-refractivity contribution in [3.63, 3.8) is 0 Å². The number of carbonyl (C=O) groups excluding carboxylic acids is 3. The highest BCUT2D eigenvalue weighted by Crippen LogP contribution is 2.30. The summed E-state index contributed by atoms with van der Waals surface area (Å²) in [4.78, 5) is 42.0. The fourth-order valence-electron chi connectivity index (χ4n) is 4.04. The monoisotopic (exact) mass is 529 g/mol. The van der Waals surface area contributed by atoms with Gasteiger partial charge >= 0.3 is 0 Å². The summed E-state index contributed by atoms with van der Waals surface area (Å²) >= 11 is 1.30. The Kier molecular flexibility index (Phi) is 8.76. The minimum absolute atomic E-state index is 0.178. The van der Waals surface area contributed by atoms with Crippen LogP contribution in [-0.2, 0) is 16.1 Å². The molecule has 2 heterocycles. The topological polar surface area (TPSA) is 91.7 Å². The van der Waals surface area contributed by atoms with Crippen molar-refractivity contribution in [2.75, 3.05) is 11.4 Å². The zero-order chi connectivity index (χ0) is 27.1. The second-order valence-corrected chi connectivity index (χ2v) is 10.2. The van der Waals surface area contributed by atoms with Crippen LogP contribution in [0.4, 0.5) is 5.69 Å². The zero-order valence-electron chi connectivity index (χ0n) is 21.6. The molecule has 2 aromatic heterocycles. The Bertz CT molecular complexity index is 1350. The number of nitrogens with zero attached hydrogens (tertiary/aromatic N) is 1. The predicted molar refractivity (Wildman–Crippen MR) is 149 cm³/mol. The van der Waals surface area contributed by atoms with E-state index >= 15 is 0 Å². The molecule has 1 atom stereocenters. The summed E-state index contributed by atoms with van der Waals surface area (Å²) in [5, 5.41) is 7.42. The minimum Gasteiger partial charge on any atom is -0.467 e. The van der Waals surface area contributed by atoms with Crippen LogP contribution < -0.4 is 15.5 Å². The summed E-state index contributed by atoms with van der Waals surface area (Å²) in [6, 6.07) is 21.1. The van der Waals surface area contributed by atoms with Gasteiger partial charge in [-0.05, 0) is 59.7 Å². The molecule has 38 heavy (non-hydrogen) atoms. The third-order valence-electron chi connectivity index (χ3n) is 6.17. The van der Waals surface area contributed by atoms with Gasteiger partial charge in [0.2, 0.25) is 11.8 Å². The Morgan fingerprint density at radius 2 is 1.61 bits per heavy atom. The zero-order valence-corrected chi connectivity index (χ0v) is 22.5. The maximum Gasteiger partial charge on any atom is 0.261 e. The molecule has 0 radical (unpaired) electrons. The smallest absolute Gasteiger partial charge is 0.261 e. The van der Waals surface area contributed by atoms with E-state index in [0.717, 1.165) is 11.1 Å². The Hall–Kier alpha value is -4.17. The largest absolute Gasteiger partial charge is 0.467 e. The summed E-state index contributed by atoms with van der Waals surface area (Å²) in [6.45, 7) is 6.06. The van der Waals surface area contributed by atoms with Crippen molar-refractivity contribution in [2.45, 2.75) is 39.3 Å². The lowest BCUT2D eigenvalue weighted by atomic mass is 9.99. The Labute approximate surface area is 226 Å². The molecule has 0 aliphatic heterocycles. The number of carbonyl (C=O) groups is 3. The van der Waals surface area contributed by atoms with Crippen LogP contribution in [0.2, 0.25) is 0 Å². The van der Waals surface area contributed by atoms with Crippen molar-refractivity contribution in [2.24, 2.45) is 0 Å². The maximum atomic E-state index is 13.8. The van der Waals surface area contributed by atoms with E-state index in [4.69, 9.17) is 4.42 Å². The van der Waals surface area contributed by atoms with Crippen molar-refractivity contribution in [3.05, 3.63) is 112 Å². The molecule has 2 N–H and O–H groups in total. The molecule has 0 spiro atoms. The molecular formula is C30H31N3O4S. The normalized spacial score (nSPS) is 11.7. The first kappa shape index (κ1) is 26.9. The molecule has 0 saturated heterocycles. The molecule has 0 fully saturated rings. The number of benzene rings is 2. The highest BCUT2D eigenvalue weighted by atomic mass is 32.1. The molecule has 8 heteroatoms. The van der Waals surface area contributed by atoms with Gasteiger partial charge < -0.3 is 15.1 Å². The number of nitrogens with one attached hydrogen (secondary N) is 2. The quantitative estimate of drug-likeness (QED) is 0.280. The van der Waals surface area contributed by atoms with Gasteiger partial charge in [0.15, 0.2) is 0 Å². The van der Waals surface area contributed by atoms with Crippen molar-refractivity contribution < 1.29 is 18.8 Å². The first-order chi connectivity index (χ1) is 18.3. The molecule has 0 bridgehead atoms. The molecule has 4 aromatic rings. The van der Waals surface area contributed by atoms with Gasteiger partial charge in [-0.1, -0.05) is 61.9 Å². The number of rotatable bonds is 10. The number of hydrogen-bond acceptors (Lipinski definition) is 5. The average Bonchev–Trinajstić information content (AvgIpc) is 3.64. The van der Waals surface area contributed by atoms with Crippen LogP contribution in [0.1, 0.15) is 57.9 Å². The van der Waals surface area contributed by atoms with Gasteiger partial charge in [-0.3, -0.25) is 19.3 Å². The summed E-state index contributed by atoms with van der Waals surface area (Å²) in [5.41, 5.74) is 3.36. The third-order valence-corrected chi connectivity index (χ3v) is 7.04. The van der Waals surface area contributed by atoms with Gasteiger partial charge in [0.1, 0.15) is 11.8 Å². The van der Waals surface area contributed by atoms with Crippen molar-refractivity contribution >= 4 is 34.7 Å². The standard InChI is InChI=1S/C30H31N3O4S/c1-20(2)22-12-14-24(15-13-22)33(27(34)19-32-29(35)26-7-5-17-38-26)28(23-10-8-21(3)9-11-23)30(36)31-18-25-6-4-16-37-25/h4-17,20,28H,18-19H2,1-3H3,(H,31,36)(H,32,35)/t28-/m1/s1. The van der Waals surface area contributed by atoms with E-state index in [9.17, 15) is 14.4 Å². The Morgan fingerprint density at radius 3 is 2.21 bits per heavy atom. The van der Waals surface area contributed by atoms with E-state index in [1.54, 1.807) is 35.9 Å². The SMILES string of the molecule is Cc1ccc([C@H](C(=O)NCc2ccco2)N(C(=O)CNC(=O)c2cccs2)c2ccc(C(C)C)cc2)cc1. The Morgan fingerprint density at radius 1 is 0.895 bits per heavy atom. The van der Waals surface area contributed by atoms with Gasteiger partial charge in [-0.2, -0.15) is 0 Å². The van der Waals surface area contributed by atoms with E-state index in [-0.39, 0.29) is 24.9 Å². The van der Waals surface area contributed by atoms with Crippen LogP contribution >= 0.6 is 11.3 Å². The lowest BCUT2D eigenvalue weighted by Gasteiger charge is -2.32. The highest BCUT2D eigenvalue weighted by Gasteiger charge is 2.33. The molecule has 4 rings (SSSR count). The molecule has 0 aliphatic carbocycles. The first-order valence-corrected chi connectivity index (χ1v) is 13.3. The Balaban J connectivity index is 1.69. The molecule has 0 aliphatic rings. The number of anilines is 1. The van der Waals surface area contributed by atoms with Crippen molar-refractivity contribution in [1.82, 2.24) is 10.6 Å². The molecule has 2 aromatic carbocycles. The number of hydrogen-bond donors (Lipinski definition) is 2. The second kappa shape index (κ2) is 12.4.